The summed E-state index contributed by atoms with van der Waals surface area (Å²) < 4.78 is 11.6. The summed E-state index contributed by atoms with van der Waals surface area (Å²) in [7, 11) is -1.55. The molecule has 0 N–H and O–H groups in total. The van der Waals surface area contributed by atoms with E-state index < -0.39 is 8.32 Å². The zero-order valence-corrected chi connectivity index (χ0v) is 12.3. The van der Waals surface area contributed by atoms with Gasteiger partial charge in [0.25, 0.3) is 0 Å². The molecule has 3 heteroatoms. The molecule has 1 unspecified atom stereocenters. The molecule has 1 heterocycles. The van der Waals surface area contributed by atoms with Crippen molar-refractivity contribution in [2.24, 2.45) is 0 Å². The van der Waals surface area contributed by atoms with E-state index in [1.165, 1.54) is 0 Å². The Morgan fingerprint density at radius 1 is 1.27 bits per heavy atom. The minimum atomic E-state index is -1.55. The molecule has 1 aliphatic heterocycles. The van der Waals surface area contributed by atoms with E-state index in [2.05, 4.69) is 47.7 Å². The Kier molecular flexibility index (Phi) is 3.40. The molecule has 0 amide bonds. The highest BCUT2D eigenvalue weighted by Gasteiger charge is 2.47. The van der Waals surface area contributed by atoms with Crippen molar-refractivity contribution in [3.8, 4) is 0 Å². The van der Waals surface area contributed by atoms with Crippen LogP contribution in [0.1, 0.15) is 41.0 Å². The van der Waals surface area contributed by atoms with Gasteiger partial charge in [0.1, 0.15) is 0 Å². The first-order chi connectivity index (χ1) is 6.56. The molecule has 1 rings (SSSR count). The van der Waals surface area contributed by atoms with E-state index >= 15 is 0 Å². The average molecular weight is 230 g/mol. The Balaban J connectivity index is 2.26. The van der Waals surface area contributed by atoms with E-state index in [9.17, 15) is 0 Å². The Hall–Kier alpha value is 0.137. The van der Waals surface area contributed by atoms with Gasteiger partial charge in [-0.1, -0.05) is 20.8 Å². The summed E-state index contributed by atoms with van der Waals surface area (Å²) in [5, 5.41) is 0.312. The van der Waals surface area contributed by atoms with Crippen LogP contribution in [-0.4, -0.2) is 26.6 Å². The van der Waals surface area contributed by atoms with Crippen LogP contribution in [0, 0.1) is 0 Å². The summed E-state index contributed by atoms with van der Waals surface area (Å²) in [6.45, 7) is 16.6. The van der Waals surface area contributed by atoms with Crippen LogP contribution in [-0.2, 0) is 9.16 Å². The highest BCUT2D eigenvalue weighted by atomic mass is 28.4. The van der Waals surface area contributed by atoms with Gasteiger partial charge in [0, 0.05) is 6.61 Å². The largest absolute Gasteiger partial charge is 0.417 e. The van der Waals surface area contributed by atoms with Gasteiger partial charge in [0.2, 0.25) is 0 Å². The molecule has 90 valence electrons. The minimum Gasteiger partial charge on any atom is -0.417 e. The average Bonchev–Trinajstić information content (AvgIpc) is 2.56. The van der Waals surface area contributed by atoms with Crippen molar-refractivity contribution in [2.75, 3.05) is 6.61 Å². The van der Waals surface area contributed by atoms with Gasteiger partial charge < -0.3 is 9.16 Å². The van der Waals surface area contributed by atoms with Crippen LogP contribution < -0.4 is 0 Å². The fourth-order valence-corrected chi connectivity index (χ4v) is 2.44. The smallest absolute Gasteiger partial charge is 0.191 e. The molecule has 15 heavy (non-hydrogen) atoms. The maximum atomic E-state index is 6.10. The minimum absolute atomic E-state index is 0.108. The van der Waals surface area contributed by atoms with Gasteiger partial charge in [-0.05, 0) is 38.4 Å². The van der Waals surface area contributed by atoms with Crippen LogP contribution in [0.15, 0.2) is 0 Å². The second-order valence-corrected chi connectivity index (χ2v) is 11.4. The maximum absolute atomic E-state index is 6.10. The summed E-state index contributed by atoms with van der Waals surface area (Å²) in [6, 6.07) is 0. The van der Waals surface area contributed by atoms with Crippen LogP contribution >= 0.6 is 0 Å². The monoisotopic (exact) mass is 230 g/mol. The zero-order chi connectivity index (χ0) is 11.9. The first-order valence-corrected chi connectivity index (χ1v) is 8.79. The summed E-state index contributed by atoms with van der Waals surface area (Å²) >= 11 is 0. The first-order valence-electron chi connectivity index (χ1n) is 5.88. The Bertz CT molecular complexity index is 228. The number of hydrogen-bond donors (Lipinski definition) is 0. The zero-order valence-electron chi connectivity index (χ0n) is 11.3. The fraction of sp³-hybridized carbons (Fsp3) is 1.00. The summed E-state index contributed by atoms with van der Waals surface area (Å²) in [6.07, 6.45) is 1.46. The van der Waals surface area contributed by atoms with E-state index in [0.29, 0.717) is 11.1 Å². The van der Waals surface area contributed by atoms with E-state index in [1.807, 2.05) is 0 Å². The predicted octanol–water partition coefficient (Wildman–Crippen LogP) is 3.58. The highest BCUT2D eigenvalue weighted by molar-refractivity contribution is 6.74. The molecule has 1 fully saturated rings. The standard InChI is InChI=1S/C12H26O2Si/c1-11(2,3)15(6,7)13-9-8-10-12(4,5)14-10/h10H,8-9H2,1-7H3. The maximum Gasteiger partial charge on any atom is 0.191 e. The molecule has 1 saturated heterocycles. The van der Waals surface area contributed by atoms with Gasteiger partial charge in [0.05, 0.1) is 11.7 Å². The molecule has 0 aliphatic carbocycles. The molecule has 2 nitrogen and oxygen atoms in total. The summed E-state index contributed by atoms with van der Waals surface area (Å²) in [4.78, 5) is 0. The van der Waals surface area contributed by atoms with Crippen molar-refractivity contribution in [2.45, 2.75) is 70.9 Å². The SMILES string of the molecule is CC1(C)OC1CCO[Si](C)(C)C(C)(C)C. The van der Waals surface area contributed by atoms with Crippen LogP contribution in [0.3, 0.4) is 0 Å². The van der Waals surface area contributed by atoms with Crippen molar-refractivity contribution in [1.82, 2.24) is 0 Å². The van der Waals surface area contributed by atoms with Gasteiger partial charge in [-0.3, -0.25) is 0 Å². The molecule has 0 bridgehead atoms. The summed E-state index contributed by atoms with van der Waals surface area (Å²) in [5.41, 5.74) is 0.108. The van der Waals surface area contributed by atoms with Crippen molar-refractivity contribution in [3.05, 3.63) is 0 Å². The third-order valence-electron chi connectivity index (χ3n) is 3.81. The Labute approximate surface area is 95.5 Å². The van der Waals surface area contributed by atoms with Crippen LogP contribution in [0.2, 0.25) is 18.1 Å². The number of rotatable bonds is 4. The molecule has 1 aliphatic rings. The van der Waals surface area contributed by atoms with E-state index in [0.717, 1.165) is 13.0 Å². The van der Waals surface area contributed by atoms with Gasteiger partial charge in [0.15, 0.2) is 8.32 Å². The lowest BCUT2D eigenvalue weighted by Crippen LogP contribution is -2.41. The van der Waals surface area contributed by atoms with E-state index in [1.54, 1.807) is 0 Å². The van der Waals surface area contributed by atoms with Crippen molar-refractivity contribution in [1.29, 1.82) is 0 Å². The fourth-order valence-electron chi connectivity index (χ4n) is 1.38. The molecule has 0 aromatic carbocycles. The molecular weight excluding hydrogens is 204 g/mol. The third-order valence-corrected chi connectivity index (χ3v) is 8.35. The Morgan fingerprint density at radius 3 is 2.07 bits per heavy atom. The van der Waals surface area contributed by atoms with Crippen molar-refractivity contribution in [3.63, 3.8) is 0 Å². The molecule has 0 radical (unpaired) electrons. The highest BCUT2D eigenvalue weighted by Crippen LogP contribution is 2.39. The number of hydrogen-bond acceptors (Lipinski definition) is 2. The summed E-state index contributed by atoms with van der Waals surface area (Å²) in [5.74, 6) is 0. The molecule has 0 spiro atoms. The molecule has 0 saturated carbocycles. The molecular formula is C12H26O2Si. The number of ether oxygens (including phenoxy) is 1. The van der Waals surface area contributed by atoms with E-state index in [-0.39, 0.29) is 5.60 Å². The van der Waals surface area contributed by atoms with Gasteiger partial charge in [-0.2, -0.15) is 0 Å². The van der Waals surface area contributed by atoms with Crippen LogP contribution in [0.25, 0.3) is 0 Å². The second kappa shape index (κ2) is 3.86. The van der Waals surface area contributed by atoms with Crippen LogP contribution in [0.5, 0.6) is 0 Å². The molecule has 0 aromatic rings. The molecule has 1 atom stereocenters. The number of epoxide rings is 1. The lowest BCUT2D eigenvalue weighted by atomic mass is 10.1. The van der Waals surface area contributed by atoms with Crippen molar-refractivity contribution >= 4 is 8.32 Å². The van der Waals surface area contributed by atoms with Gasteiger partial charge in [-0.25, -0.2) is 0 Å². The lowest BCUT2D eigenvalue weighted by molar-refractivity contribution is 0.257. The van der Waals surface area contributed by atoms with Gasteiger partial charge >= 0.3 is 0 Å². The quantitative estimate of drug-likeness (QED) is 0.544. The van der Waals surface area contributed by atoms with Gasteiger partial charge in [-0.15, -0.1) is 0 Å². The first kappa shape index (κ1) is 13.2. The normalized spacial score (nSPS) is 25.4. The molecule has 0 aromatic heterocycles. The van der Waals surface area contributed by atoms with Crippen molar-refractivity contribution < 1.29 is 9.16 Å². The topological polar surface area (TPSA) is 21.8 Å². The Morgan fingerprint density at radius 2 is 1.73 bits per heavy atom. The second-order valence-electron chi connectivity index (χ2n) is 6.61. The van der Waals surface area contributed by atoms with E-state index in [4.69, 9.17) is 9.16 Å². The van der Waals surface area contributed by atoms with Crippen LogP contribution in [0.4, 0.5) is 0 Å². The lowest BCUT2D eigenvalue weighted by Gasteiger charge is -2.36. The predicted molar refractivity (Wildman–Crippen MR) is 66.7 cm³/mol. The third kappa shape index (κ3) is 3.30.